The largest absolute Gasteiger partial charge is 0.491 e. The van der Waals surface area contributed by atoms with Crippen molar-refractivity contribution in [2.75, 3.05) is 20.2 Å². The highest BCUT2D eigenvalue weighted by Crippen LogP contribution is 2.30. The van der Waals surface area contributed by atoms with Crippen molar-refractivity contribution in [3.8, 4) is 5.75 Å². The van der Waals surface area contributed by atoms with Gasteiger partial charge < -0.3 is 15.4 Å². The van der Waals surface area contributed by atoms with Gasteiger partial charge in [0, 0.05) is 25.8 Å². The minimum absolute atomic E-state index is 0.0552. The maximum absolute atomic E-state index is 6.04. The molecule has 2 rings (SSSR count). The van der Waals surface area contributed by atoms with E-state index in [1.165, 1.54) is 16.8 Å². The Morgan fingerprint density at radius 2 is 1.93 bits per heavy atom. The molecular formula is C23H37N5O. The summed E-state index contributed by atoms with van der Waals surface area (Å²) in [6.07, 6.45) is 0.904. The van der Waals surface area contributed by atoms with Crippen LogP contribution in [0.25, 0.3) is 0 Å². The Hall–Kier alpha value is -2.50. The van der Waals surface area contributed by atoms with E-state index in [1.807, 2.05) is 23.9 Å². The normalized spacial score (nSPS) is 13.3. The summed E-state index contributed by atoms with van der Waals surface area (Å²) in [6, 6.07) is 8.49. The SMILES string of the molecule is CN=C(NCCOc1ccccc1C(C)(C)C)NC(C)Cc1c(C)nn(C)c1C. The summed E-state index contributed by atoms with van der Waals surface area (Å²) < 4.78 is 7.98. The molecule has 1 atom stereocenters. The summed E-state index contributed by atoms with van der Waals surface area (Å²) in [7, 11) is 3.78. The average Bonchev–Trinajstić information content (AvgIpc) is 2.89. The van der Waals surface area contributed by atoms with E-state index in [0.717, 1.165) is 23.8 Å². The van der Waals surface area contributed by atoms with Crippen molar-refractivity contribution < 1.29 is 4.74 Å². The number of aromatic nitrogens is 2. The van der Waals surface area contributed by atoms with Gasteiger partial charge in [-0.3, -0.25) is 9.67 Å². The van der Waals surface area contributed by atoms with Gasteiger partial charge in [0.15, 0.2) is 5.96 Å². The van der Waals surface area contributed by atoms with Crippen molar-refractivity contribution in [3.63, 3.8) is 0 Å². The number of rotatable bonds is 7. The highest BCUT2D eigenvalue weighted by atomic mass is 16.5. The molecule has 2 aromatic rings. The Labute approximate surface area is 175 Å². The number of aliphatic imine (C=N–C) groups is 1. The fourth-order valence-corrected chi connectivity index (χ4v) is 3.44. The topological polar surface area (TPSA) is 63.5 Å². The first-order valence-electron chi connectivity index (χ1n) is 10.3. The Bertz CT molecular complexity index is 832. The quantitative estimate of drug-likeness (QED) is 0.425. The van der Waals surface area contributed by atoms with E-state index in [1.54, 1.807) is 7.05 Å². The van der Waals surface area contributed by atoms with E-state index in [-0.39, 0.29) is 11.5 Å². The molecule has 0 saturated heterocycles. The molecule has 0 fully saturated rings. The van der Waals surface area contributed by atoms with Gasteiger partial charge in [0.25, 0.3) is 0 Å². The highest BCUT2D eigenvalue weighted by molar-refractivity contribution is 5.79. The highest BCUT2D eigenvalue weighted by Gasteiger charge is 2.18. The summed E-state index contributed by atoms with van der Waals surface area (Å²) in [5, 5.41) is 11.3. The summed E-state index contributed by atoms with van der Waals surface area (Å²) in [6.45, 7) is 14.2. The van der Waals surface area contributed by atoms with Crippen LogP contribution in [0.4, 0.5) is 0 Å². The van der Waals surface area contributed by atoms with Crippen molar-refractivity contribution in [2.24, 2.45) is 12.0 Å². The Morgan fingerprint density at radius 1 is 1.24 bits per heavy atom. The molecule has 0 radical (unpaired) electrons. The van der Waals surface area contributed by atoms with Crippen LogP contribution in [-0.4, -0.2) is 42.0 Å². The van der Waals surface area contributed by atoms with Gasteiger partial charge in [-0.15, -0.1) is 0 Å². The number of para-hydroxylation sites is 1. The minimum Gasteiger partial charge on any atom is -0.491 e. The van der Waals surface area contributed by atoms with E-state index in [2.05, 4.69) is 74.4 Å². The van der Waals surface area contributed by atoms with Crippen LogP contribution in [0.2, 0.25) is 0 Å². The number of guanidine groups is 1. The predicted octanol–water partition coefficient (Wildman–Crippen LogP) is 3.51. The van der Waals surface area contributed by atoms with Gasteiger partial charge in [0.2, 0.25) is 0 Å². The van der Waals surface area contributed by atoms with Crippen molar-refractivity contribution >= 4 is 5.96 Å². The number of aryl methyl sites for hydroxylation is 2. The van der Waals surface area contributed by atoms with Crippen molar-refractivity contribution in [1.82, 2.24) is 20.4 Å². The smallest absolute Gasteiger partial charge is 0.191 e. The van der Waals surface area contributed by atoms with Crippen LogP contribution in [0, 0.1) is 13.8 Å². The van der Waals surface area contributed by atoms with E-state index in [4.69, 9.17) is 4.74 Å². The Morgan fingerprint density at radius 3 is 2.52 bits per heavy atom. The standard InChI is InChI=1S/C23H37N5O/c1-16(15-19-17(2)27-28(8)18(19)3)26-22(24-7)25-13-14-29-21-12-10-9-11-20(21)23(4,5)6/h9-12,16H,13-15H2,1-8H3,(H2,24,25,26). The molecule has 1 unspecified atom stereocenters. The Kier molecular flexibility index (Phi) is 7.71. The van der Waals surface area contributed by atoms with E-state index in [0.29, 0.717) is 13.2 Å². The second-order valence-electron chi connectivity index (χ2n) is 8.62. The lowest BCUT2D eigenvalue weighted by Gasteiger charge is -2.23. The third kappa shape index (κ3) is 6.24. The van der Waals surface area contributed by atoms with Gasteiger partial charge in [-0.25, -0.2) is 0 Å². The zero-order valence-corrected chi connectivity index (χ0v) is 19.3. The first-order chi connectivity index (χ1) is 13.6. The molecule has 0 aliphatic rings. The molecule has 1 heterocycles. The summed E-state index contributed by atoms with van der Waals surface area (Å²) >= 11 is 0. The first-order valence-corrected chi connectivity index (χ1v) is 10.3. The number of hydrogen-bond donors (Lipinski definition) is 2. The van der Waals surface area contributed by atoms with Crippen molar-refractivity contribution in [2.45, 2.75) is 59.4 Å². The molecule has 6 heteroatoms. The molecule has 1 aromatic heterocycles. The molecule has 0 amide bonds. The lowest BCUT2D eigenvalue weighted by molar-refractivity contribution is 0.312. The van der Waals surface area contributed by atoms with E-state index in [9.17, 15) is 0 Å². The number of nitrogens with zero attached hydrogens (tertiary/aromatic N) is 3. The Balaban J connectivity index is 1.84. The number of ether oxygens (including phenoxy) is 1. The first kappa shape index (κ1) is 22.8. The fraction of sp³-hybridized carbons (Fsp3) is 0.565. The van der Waals surface area contributed by atoms with Crippen molar-refractivity contribution in [1.29, 1.82) is 0 Å². The van der Waals surface area contributed by atoms with Gasteiger partial charge in [-0.1, -0.05) is 39.0 Å². The molecule has 160 valence electrons. The van der Waals surface area contributed by atoms with Crippen LogP contribution in [0.1, 0.15) is 50.2 Å². The number of hydrogen-bond acceptors (Lipinski definition) is 3. The van der Waals surface area contributed by atoms with Crippen molar-refractivity contribution in [3.05, 3.63) is 46.8 Å². The van der Waals surface area contributed by atoms with E-state index < -0.39 is 0 Å². The molecule has 0 saturated carbocycles. The van der Waals surface area contributed by atoms with Gasteiger partial charge in [-0.2, -0.15) is 5.10 Å². The van der Waals surface area contributed by atoms with Crippen LogP contribution < -0.4 is 15.4 Å². The predicted molar refractivity (Wildman–Crippen MR) is 121 cm³/mol. The molecule has 6 nitrogen and oxygen atoms in total. The maximum atomic E-state index is 6.04. The molecule has 2 N–H and O–H groups in total. The van der Waals surface area contributed by atoms with Gasteiger partial charge in [0.1, 0.15) is 12.4 Å². The average molecular weight is 400 g/mol. The minimum atomic E-state index is 0.0552. The summed E-state index contributed by atoms with van der Waals surface area (Å²) in [4.78, 5) is 4.34. The molecule has 29 heavy (non-hydrogen) atoms. The van der Waals surface area contributed by atoms with Gasteiger partial charge >= 0.3 is 0 Å². The number of benzene rings is 1. The third-order valence-electron chi connectivity index (χ3n) is 5.12. The molecule has 1 aromatic carbocycles. The second-order valence-corrected chi connectivity index (χ2v) is 8.62. The summed E-state index contributed by atoms with van der Waals surface area (Å²) in [5.74, 6) is 1.73. The molecule has 0 bridgehead atoms. The van der Waals surface area contributed by atoms with Gasteiger partial charge in [-0.05, 0) is 49.8 Å². The molecular weight excluding hydrogens is 362 g/mol. The zero-order valence-electron chi connectivity index (χ0n) is 19.3. The molecule has 0 spiro atoms. The lowest BCUT2D eigenvalue weighted by atomic mass is 9.86. The fourth-order valence-electron chi connectivity index (χ4n) is 3.44. The lowest BCUT2D eigenvalue weighted by Crippen LogP contribution is -2.44. The van der Waals surface area contributed by atoms with Crippen LogP contribution in [0.15, 0.2) is 29.3 Å². The number of nitrogens with one attached hydrogen (secondary N) is 2. The van der Waals surface area contributed by atoms with Crippen LogP contribution >= 0.6 is 0 Å². The second kappa shape index (κ2) is 9.81. The van der Waals surface area contributed by atoms with Crippen LogP contribution in [0.5, 0.6) is 5.75 Å². The monoisotopic (exact) mass is 399 g/mol. The maximum Gasteiger partial charge on any atom is 0.191 e. The van der Waals surface area contributed by atoms with E-state index >= 15 is 0 Å². The van der Waals surface area contributed by atoms with Crippen LogP contribution in [0.3, 0.4) is 0 Å². The zero-order chi connectivity index (χ0) is 21.6. The summed E-state index contributed by atoms with van der Waals surface area (Å²) in [5.41, 5.74) is 4.88. The van der Waals surface area contributed by atoms with Crippen LogP contribution in [-0.2, 0) is 18.9 Å². The molecule has 0 aliphatic carbocycles. The molecule has 0 aliphatic heterocycles. The van der Waals surface area contributed by atoms with Gasteiger partial charge in [0.05, 0.1) is 12.2 Å². The third-order valence-corrected chi connectivity index (χ3v) is 5.12.